The quantitative estimate of drug-likeness (QED) is 0.452. The van der Waals surface area contributed by atoms with E-state index in [-0.39, 0.29) is 5.70 Å². The van der Waals surface area contributed by atoms with Crippen LogP contribution >= 0.6 is 11.6 Å². The molecule has 60 valence electrons. The lowest BCUT2D eigenvalue weighted by molar-refractivity contribution is -0.420. The molecule has 0 heterocycles. The van der Waals surface area contributed by atoms with Crippen LogP contribution in [0, 0.1) is 10.1 Å². The highest BCUT2D eigenvalue weighted by atomic mass is 35.5. The first-order valence-corrected chi connectivity index (χ1v) is 3.69. The predicted octanol–water partition coefficient (Wildman–Crippen LogP) is 2.45. The van der Waals surface area contributed by atoms with Gasteiger partial charge in [-0.3, -0.25) is 10.1 Å². The molecular weight excluding hydrogens is 166 g/mol. The fourth-order valence-corrected chi connectivity index (χ4v) is 1.19. The summed E-state index contributed by atoms with van der Waals surface area (Å²) in [6, 6.07) is 0. The third-order valence-electron chi connectivity index (χ3n) is 1.60. The second kappa shape index (κ2) is 3.05. The Labute approximate surface area is 69.5 Å². The molecule has 0 atom stereocenters. The number of nitrogens with zero attached hydrogens (tertiary/aromatic N) is 1. The Balaban J connectivity index is 2.98. The highest BCUT2D eigenvalue weighted by molar-refractivity contribution is 6.30. The molecule has 0 unspecified atom stereocenters. The van der Waals surface area contributed by atoms with E-state index in [1.54, 1.807) is 0 Å². The van der Waals surface area contributed by atoms with Crippen molar-refractivity contribution >= 4 is 11.6 Å². The highest BCUT2D eigenvalue weighted by Crippen LogP contribution is 2.26. The molecule has 1 rings (SSSR count). The van der Waals surface area contributed by atoms with Crippen molar-refractivity contribution < 1.29 is 4.92 Å². The Morgan fingerprint density at radius 2 is 2.27 bits per heavy atom. The van der Waals surface area contributed by atoms with Crippen molar-refractivity contribution in [2.75, 3.05) is 0 Å². The maximum Gasteiger partial charge on any atom is 0.283 e. The summed E-state index contributed by atoms with van der Waals surface area (Å²) in [5, 5.41) is 10.7. The molecule has 0 amide bonds. The highest BCUT2D eigenvalue weighted by Gasteiger charge is 2.18. The van der Waals surface area contributed by atoms with Gasteiger partial charge in [-0.05, 0) is 19.8 Å². The second-order valence-corrected chi connectivity index (χ2v) is 2.99. The van der Waals surface area contributed by atoms with Gasteiger partial charge >= 0.3 is 0 Å². The van der Waals surface area contributed by atoms with Crippen LogP contribution in [0.1, 0.15) is 19.8 Å². The van der Waals surface area contributed by atoms with Crippen molar-refractivity contribution in [2.45, 2.75) is 19.8 Å². The number of hydrogen-bond donors (Lipinski definition) is 0. The van der Waals surface area contributed by atoms with Gasteiger partial charge in [-0.1, -0.05) is 17.2 Å². The topological polar surface area (TPSA) is 43.1 Å². The molecule has 0 aromatic rings. The lowest BCUT2D eigenvalue weighted by Crippen LogP contribution is -2.02. The Hall–Kier alpha value is -0.830. The van der Waals surface area contributed by atoms with Crippen LogP contribution in [0.5, 0.6) is 0 Å². The van der Waals surface area contributed by atoms with Crippen molar-refractivity contribution in [3.63, 3.8) is 0 Å². The van der Waals surface area contributed by atoms with E-state index < -0.39 is 4.92 Å². The molecule has 0 bridgehead atoms. The van der Waals surface area contributed by atoms with Crippen LogP contribution in [0.25, 0.3) is 0 Å². The van der Waals surface area contributed by atoms with Gasteiger partial charge in [0.05, 0.1) is 9.96 Å². The molecular formula is C7H8ClNO2. The first-order valence-electron chi connectivity index (χ1n) is 3.31. The standard InChI is InChI=1S/C7H8ClNO2/c1-5-2-3-6(8)7(4-5)9(10)11/h4H,2-3H2,1H3. The number of nitro groups is 1. The van der Waals surface area contributed by atoms with Gasteiger partial charge in [-0.15, -0.1) is 0 Å². The van der Waals surface area contributed by atoms with Crippen LogP contribution in [-0.2, 0) is 0 Å². The summed E-state index contributed by atoms with van der Waals surface area (Å²) in [7, 11) is 0. The second-order valence-electron chi connectivity index (χ2n) is 2.54. The molecule has 0 aromatic carbocycles. The molecule has 0 aromatic heterocycles. The Morgan fingerprint density at radius 1 is 1.64 bits per heavy atom. The summed E-state index contributed by atoms with van der Waals surface area (Å²) >= 11 is 5.64. The van der Waals surface area contributed by atoms with Gasteiger partial charge in [0.25, 0.3) is 5.70 Å². The van der Waals surface area contributed by atoms with E-state index in [4.69, 9.17) is 11.6 Å². The zero-order chi connectivity index (χ0) is 8.43. The molecule has 4 heteroatoms. The average Bonchev–Trinajstić information content (AvgIpc) is 1.94. The molecule has 0 N–H and O–H groups in total. The molecule has 0 saturated carbocycles. The van der Waals surface area contributed by atoms with E-state index in [1.165, 1.54) is 6.08 Å². The van der Waals surface area contributed by atoms with Crippen molar-refractivity contribution in [1.29, 1.82) is 0 Å². The Kier molecular flexibility index (Phi) is 2.29. The SMILES string of the molecule is CC1=CC([N+](=O)[O-])=C(Cl)CC1. The summed E-state index contributed by atoms with van der Waals surface area (Å²) in [5.41, 5.74) is 1.07. The van der Waals surface area contributed by atoms with Gasteiger partial charge in [0.2, 0.25) is 0 Å². The van der Waals surface area contributed by atoms with Gasteiger partial charge < -0.3 is 0 Å². The summed E-state index contributed by atoms with van der Waals surface area (Å²) < 4.78 is 0. The zero-order valence-corrected chi connectivity index (χ0v) is 6.89. The lowest BCUT2D eigenvalue weighted by Gasteiger charge is -2.06. The summed E-state index contributed by atoms with van der Waals surface area (Å²) in [4.78, 5) is 9.89. The fourth-order valence-electron chi connectivity index (χ4n) is 0.971. The smallest absolute Gasteiger partial charge is 0.258 e. The van der Waals surface area contributed by atoms with Gasteiger partial charge in [0.15, 0.2) is 0 Å². The Bertz CT molecular complexity index is 255. The van der Waals surface area contributed by atoms with Gasteiger partial charge in [0.1, 0.15) is 0 Å². The predicted molar refractivity (Wildman–Crippen MR) is 42.9 cm³/mol. The van der Waals surface area contributed by atoms with Crippen LogP contribution < -0.4 is 0 Å². The van der Waals surface area contributed by atoms with E-state index in [9.17, 15) is 10.1 Å². The summed E-state index contributed by atoms with van der Waals surface area (Å²) in [6.45, 7) is 1.87. The van der Waals surface area contributed by atoms with Gasteiger partial charge in [-0.25, -0.2) is 0 Å². The summed E-state index contributed by atoms with van der Waals surface area (Å²) in [6.07, 6.45) is 2.96. The van der Waals surface area contributed by atoms with Crippen LogP contribution in [0.3, 0.4) is 0 Å². The summed E-state index contributed by atoms with van der Waals surface area (Å²) in [5.74, 6) is 0. The molecule has 0 aliphatic heterocycles. The first kappa shape index (κ1) is 8.27. The van der Waals surface area contributed by atoms with Gasteiger partial charge in [-0.2, -0.15) is 0 Å². The number of rotatable bonds is 1. The molecule has 11 heavy (non-hydrogen) atoms. The van der Waals surface area contributed by atoms with Crippen molar-refractivity contribution in [3.05, 3.63) is 32.5 Å². The first-order chi connectivity index (χ1) is 5.11. The van der Waals surface area contributed by atoms with Gasteiger partial charge in [0, 0.05) is 6.08 Å². The lowest BCUT2D eigenvalue weighted by atomic mass is 10.1. The minimum atomic E-state index is -0.439. The molecule has 0 saturated heterocycles. The maximum absolute atomic E-state index is 10.3. The maximum atomic E-state index is 10.3. The Morgan fingerprint density at radius 3 is 2.73 bits per heavy atom. The largest absolute Gasteiger partial charge is 0.283 e. The van der Waals surface area contributed by atoms with E-state index in [0.717, 1.165) is 12.0 Å². The average molecular weight is 174 g/mol. The fraction of sp³-hybridized carbons (Fsp3) is 0.429. The zero-order valence-electron chi connectivity index (χ0n) is 6.13. The minimum absolute atomic E-state index is 0.0513. The van der Waals surface area contributed by atoms with Crippen molar-refractivity contribution in [2.24, 2.45) is 0 Å². The molecule has 3 nitrogen and oxygen atoms in total. The minimum Gasteiger partial charge on any atom is -0.258 e. The normalized spacial score (nSPS) is 18.2. The van der Waals surface area contributed by atoms with E-state index in [0.29, 0.717) is 11.5 Å². The van der Waals surface area contributed by atoms with Crippen LogP contribution in [0.15, 0.2) is 22.4 Å². The number of halogens is 1. The van der Waals surface area contributed by atoms with Crippen LogP contribution in [-0.4, -0.2) is 4.92 Å². The van der Waals surface area contributed by atoms with Crippen molar-refractivity contribution in [3.8, 4) is 0 Å². The van der Waals surface area contributed by atoms with Crippen molar-refractivity contribution in [1.82, 2.24) is 0 Å². The molecule has 1 aliphatic carbocycles. The molecule has 1 aliphatic rings. The monoisotopic (exact) mass is 173 g/mol. The molecule has 0 spiro atoms. The van der Waals surface area contributed by atoms with Crippen LogP contribution in [0.4, 0.5) is 0 Å². The van der Waals surface area contributed by atoms with Crippen LogP contribution in [0.2, 0.25) is 0 Å². The number of allylic oxidation sites excluding steroid dienone is 3. The number of hydrogen-bond acceptors (Lipinski definition) is 2. The molecule has 0 radical (unpaired) electrons. The van der Waals surface area contributed by atoms with E-state index >= 15 is 0 Å². The third kappa shape index (κ3) is 1.80. The third-order valence-corrected chi connectivity index (χ3v) is 1.98. The molecule has 0 fully saturated rings. The van der Waals surface area contributed by atoms with E-state index in [2.05, 4.69) is 0 Å². The van der Waals surface area contributed by atoms with E-state index in [1.807, 2.05) is 6.92 Å².